The highest BCUT2D eigenvalue weighted by Crippen LogP contribution is 2.04. The van der Waals surface area contributed by atoms with Gasteiger partial charge < -0.3 is 15.8 Å². The molecule has 1 rings (SSSR count). The summed E-state index contributed by atoms with van der Waals surface area (Å²) in [5.41, 5.74) is 5.38. The van der Waals surface area contributed by atoms with Crippen LogP contribution in [-0.4, -0.2) is 55.2 Å². The number of amides is 1. The summed E-state index contributed by atoms with van der Waals surface area (Å²) in [4.78, 5) is 13.8. The van der Waals surface area contributed by atoms with Crippen molar-refractivity contribution >= 4 is 18.3 Å². The van der Waals surface area contributed by atoms with E-state index >= 15 is 0 Å². The fraction of sp³-hybridized carbons (Fsp3) is 0.909. The van der Waals surface area contributed by atoms with Crippen LogP contribution in [0.2, 0.25) is 0 Å². The van der Waals surface area contributed by atoms with Crippen LogP contribution in [0, 0.1) is 0 Å². The Kier molecular flexibility index (Phi) is 7.01. The van der Waals surface area contributed by atoms with Crippen molar-refractivity contribution in [2.24, 2.45) is 5.73 Å². The summed E-state index contributed by atoms with van der Waals surface area (Å²) in [6.07, 6.45) is 0.0659. The van der Waals surface area contributed by atoms with E-state index in [-0.39, 0.29) is 30.0 Å². The van der Waals surface area contributed by atoms with Crippen LogP contribution in [0.1, 0.15) is 20.8 Å². The van der Waals surface area contributed by atoms with Crippen LogP contribution in [0.25, 0.3) is 0 Å². The van der Waals surface area contributed by atoms with Crippen molar-refractivity contribution in [3.63, 3.8) is 0 Å². The Hall–Kier alpha value is -0.360. The molecule has 1 heterocycles. The molecular formula is C11H24ClN3O2. The summed E-state index contributed by atoms with van der Waals surface area (Å²) in [5.74, 6) is 0.0603. The van der Waals surface area contributed by atoms with Gasteiger partial charge in [0.15, 0.2) is 0 Å². The average molecular weight is 266 g/mol. The molecule has 1 amide bonds. The lowest BCUT2D eigenvalue weighted by Gasteiger charge is -2.32. The molecule has 1 aliphatic heterocycles. The number of nitrogens with zero attached hydrogens (tertiary/aromatic N) is 1. The predicted octanol–water partition coefficient (Wildman–Crippen LogP) is -0.0176. The minimum absolute atomic E-state index is 0. The van der Waals surface area contributed by atoms with Gasteiger partial charge in [-0.1, -0.05) is 0 Å². The van der Waals surface area contributed by atoms with Crippen molar-refractivity contribution in [1.29, 1.82) is 0 Å². The quantitative estimate of drug-likeness (QED) is 0.753. The SMILES string of the molecule is CC(C)(C)NC(=O)CN1CCOC(CN)C1.Cl. The molecule has 6 heteroatoms. The van der Waals surface area contributed by atoms with E-state index in [1.165, 1.54) is 0 Å². The number of ether oxygens (including phenoxy) is 1. The molecule has 0 aromatic rings. The molecule has 0 aromatic carbocycles. The molecule has 0 bridgehead atoms. The zero-order chi connectivity index (χ0) is 12.2. The topological polar surface area (TPSA) is 67.6 Å². The molecule has 0 radical (unpaired) electrons. The number of carbonyl (C=O) groups is 1. The standard InChI is InChI=1S/C11H23N3O2.ClH/c1-11(2,3)13-10(15)8-14-4-5-16-9(6-12)7-14;/h9H,4-8,12H2,1-3H3,(H,13,15);1H. The third-order valence-electron chi connectivity index (χ3n) is 2.37. The van der Waals surface area contributed by atoms with Crippen LogP contribution < -0.4 is 11.1 Å². The number of nitrogens with one attached hydrogen (secondary N) is 1. The van der Waals surface area contributed by atoms with Gasteiger partial charge in [-0.3, -0.25) is 9.69 Å². The highest BCUT2D eigenvalue weighted by molar-refractivity contribution is 5.85. The van der Waals surface area contributed by atoms with Crippen LogP contribution in [0.5, 0.6) is 0 Å². The summed E-state index contributed by atoms with van der Waals surface area (Å²) in [6, 6.07) is 0. The first kappa shape index (κ1) is 16.6. The second-order valence-corrected chi connectivity index (χ2v) is 5.26. The number of hydrogen-bond donors (Lipinski definition) is 2. The van der Waals surface area contributed by atoms with Gasteiger partial charge in [-0.25, -0.2) is 0 Å². The van der Waals surface area contributed by atoms with Gasteiger partial charge in [0, 0.05) is 25.2 Å². The molecule has 1 atom stereocenters. The smallest absolute Gasteiger partial charge is 0.234 e. The highest BCUT2D eigenvalue weighted by Gasteiger charge is 2.22. The third kappa shape index (κ3) is 6.83. The van der Waals surface area contributed by atoms with Gasteiger partial charge in [0.25, 0.3) is 0 Å². The summed E-state index contributed by atoms with van der Waals surface area (Å²) in [5, 5.41) is 2.95. The molecule has 0 saturated carbocycles. The molecule has 0 aromatic heterocycles. The lowest BCUT2D eigenvalue weighted by Crippen LogP contribution is -2.51. The molecule has 1 aliphatic rings. The molecule has 17 heavy (non-hydrogen) atoms. The normalized spacial score (nSPS) is 21.8. The maximum atomic E-state index is 11.7. The highest BCUT2D eigenvalue weighted by atomic mass is 35.5. The second-order valence-electron chi connectivity index (χ2n) is 5.26. The van der Waals surface area contributed by atoms with E-state index in [4.69, 9.17) is 10.5 Å². The van der Waals surface area contributed by atoms with Crippen molar-refractivity contribution in [2.75, 3.05) is 32.8 Å². The van der Waals surface area contributed by atoms with Gasteiger partial charge in [0.2, 0.25) is 5.91 Å². The van der Waals surface area contributed by atoms with Gasteiger partial charge in [0.05, 0.1) is 19.3 Å². The van der Waals surface area contributed by atoms with Gasteiger partial charge in [0.1, 0.15) is 0 Å². The molecule has 1 saturated heterocycles. The lowest BCUT2D eigenvalue weighted by molar-refractivity contribution is -0.125. The Bertz CT molecular complexity index is 243. The average Bonchev–Trinajstić information content (AvgIpc) is 2.15. The second kappa shape index (κ2) is 7.16. The minimum Gasteiger partial charge on any atom is -0.374 e. The largest absolute Gasteiger partial charge is 0.374 e. The molecular weight excluding hydrogens is 242 g/mol. The van der Waals surface area contributed by atoms with E-state index in [1.54, 1.807) is 0 Å². The Morgan fingerprint density at radius 3 is 2.71 bits per heavy atom. The van der Waals surface area contributed by atoms with E-state index in [1.807, 2.05) is 20.8 Å². The van der Waals surface area contributed by atoms with Gasteiger partial charge in [-0.15, -0.1) is 12.4 Å². The number of rotatable bonds is 3. The number of nitrogens with two attached hydrogens (primary N) is 1. The van der Waals surface area contributed by atoms with Crippen LogP contribution in [0.3, 0.4) is 0 Å². The summed E-state index contributed by atoms with van der Waals surface area (Å²) >= 11 is 0. The zero-order valence-electron chi connectivity index (χ0n) is 10.9. The van der Waals surface area contributed by atoms with E-state index in [2.05, 4.69) is 10.2 Å². The van der Waals surface area contributed by atoms with E-state index in [9.17, 15) is 4.79 Å². The number of carbonyl (C=O) groups excluding carboxylic acids is 1. The van der Waals surface area contributed by atoms with Crippen LogP contribution >= 0.6 is 12.4 Å². The fourth-order valence-corrected chi connectivity index (χ4v) is 1.73. The molecule has 1 fully saturated rings. The Morgan fingerprint density at radius 2 is 2.18 bits per heavy atom. The fourth-order valence-electron chi connectivity index (χ4n) is 1.73. The Morgan fingerprint density at radius 1 is 1.53 bits per heavy atom. The Balaban J connectivity index is 0.00000256. The minimum atomic E-state index is -0.170. The lowest BCUT2D eigenvalue weighted by atomic mass is 10.1. The van der Waals surface area contributed by atoms with Gasteiger partial charge >= 0.3 is 0 Å². The van der Waals surface area contributed by atoms with Crippen molar-refractivity contribution in [1.82, 2.24) is 10.2 Å². The monoisotopic (exact) mass is 265 g/mol. The molecule has 3 N–H and O–H groups in total. The van der Waals surface area contributed by atoms with Gasteiger partial charge in [-0.05, 0) is 20.8 Å². The summed E-state index contributed by atoms with van der Waals surface area (Å²) in [6.45, 7) is 9.08. The van der Waals surface area contributed by atoms with Crippen LogP contribution in [0.4, 0.5) is 0 Å². The van der Waals surface area contributed by atoms with E-state index in [0.717, 1.165) is 13.1 Å². The third-order valence-corrected chi connectivity index (χ3v) is 2.37. The maximum Gasteiger partial charge on any atom is 0.234 e. The van der Waals surface area contributed by atoms with Crippen LogP contribution in [0.15, 0.2) is 0 Å². The van der Waals surface area contributed by atoms with Gasteiger partial charge in [-0.2, -0.15) is 0 Å². The molecule has 1 unspecified atom stereocenters. The van der Waals surface area contributed by atoms with Crippen molar-refractivity contribution in [2.45, 2.75) is 32.4 Å². The van der Waals surface area contributed by atoms with Crippen LogP contribution in [-0.2, 0) is 9.53 Å². The first-order chi connectivity index (χ1) is 7.40. The Labute approximate surface area is 109 Å². The van der Waals surface area contributed by atoms with E-state index in [0.29, 0.717) is 19.7 Å². The molecule has 5 nitrogen and oxygen atoms in total. The van der Waals surface area contributed by atoms with Crippen molar-refractivity contribution in [3.8, 4) is 0 Å². The summed E-state index contributed by atoms with van der Waals surface area (Å²) < 4.78 is 5.44. The van der Waals surface area contributed by atoms with Crippen molar-refractivity contribution < 1.29 is 9.53 Å². The summed E-state index contributed by atoms with van der Waals surface area (Å²) in [7, 11) is 0. The molecule has 102 valence electrons. The molecule has 0 aliphatic carbocycles. The van der Waals surface area contributed by atoms with E-state index < -0.39 is 0 Å². The number of morpholine rings is 1. The zero-order valence-corrected chi connectivity index (χ0v) is 11.7. The molecule has 0 spiro atoms. The van der Waals surface area contributed by atoms with Crippen molar-refractivity contribution in [3.05, 3.63) is 0 Å². The predicted molar refractivity (Wildman–Crippen MR) is 70.4 cm³/mol. The maximum absolute atomic E-state index is 11.7. The number of halogens is 1. The first-order valence-electron chi connectivity index (χ1n) is 5.76. The first-order valence-corrected chi connectivity index (χ1v) is 5.76. The number of hydrogen-bond acceptors (Lipinski definition) is 4.